The molecule has 0 unspecified atom stereocenters. The number of para-hydroxylation sites is 1. The molecule has 19 heavy (non-hydrogen) atoms. The van der Waals surface area contributed by atoms with Crippen molar-refractivity contribution in [1.29, 1.82) is 0 Å². The highest BCUT2D eigenvalue weighted by Crippen LogP contribution is 2.30. The lowest BCUT2D eigenvalue weighted by Gasteiger charge is -2.24. The molecule has 0 aliphatic heterocycles. The van der Waals surface area contributed by atoms with Gasteiger partial charge in [-0.15, -0.1) is 0 Å². The van der Waals surface area contributed by atoms with E-state index in [4.69, 9.17) is 10.5 Å². The van der Waals surface area contributed by atoms with Crippen LogP contribution in [0.15, 0.2) is 48.5 Å². The van der Waals surface area contributed by atoms with Crippen LogP contribution in [0.3, 0.4) is 0 Å². The Morgan fingerprint density at radius 3 is 2.26 bits per heavy atom. The van der Waals surface area contributed by atoms with Crippen LogP contribution in [-0.2, 0) is 0 Å². The lowest BCUT2D eigenvalue weighted by molar-refractivity contribution is 0.415. The van der Waals surface area contributed by atoms with Gasteiger partial charge in [-0.25, -0.2) is 0 Å². The summed E-state index contributed by atoms with van der Waals surface area (Å²) < 4.78 is 5.18. The maximum Gasteiger partial charge on any atom is 0.119 e. The highest BCUT2D eigenvalue weighted by molar-refractivity contribution is 5.66. The van der Waals surface area contributed by atoms with E-state index in [1.54, 1.807) is 7.11 Å². The van der Waals surface area contributed by atoms with Crippen molar-refractivity contribution in [3.63, 3.8) is 0 Å². The molecule has 2 aromatic rings. The summed E-state index contributed by atoms with van der Waals surface area (Å²) in [6.45, 7) is 2.00. The molecule has 1 atom stereocenters. The maximum absolute atomic E-state index is 6.03. The Hall–Kier alpha value is -2.00. The molecule has 0 aliphatic rings. The van der Waals surface area contributed by atoms with E-state index in [1.165, 1.54) is 0 Å². The van der Waals surface area contributed by atoms with Gasteiger partial charge in [-0.05, 0) is 42.8 Å². The van der Waals surface area contributed by atoms with Crippen molar-refractivity contribution < 1.29 is 4.74 Å². The van der Waals surface area contributed by atoms with E-state index in [2.05, 4.69) is 17.0 Å². The van der Waals surface area contributed by atoms with Crippen LogP contribution in [0.1, 0.15) is 18.5 Å². The van der Waals surface area contributed by atoms with Gasteiger partial charge in [0.15, 0.2) is 0 Å². The molecule has 3 nitrogen and oxygen atoms in total. The second-order valence-electron chi connectivity index (χ2n) is 4.60. The average Bonchev–Trinajstić information content (AvgIpc) is 2.46. The number of nitrogens with zero attached hydrogens (tertiary/aromatic N) is 1. The summed E-state index contributed by atoms with van der Waals surface area (Å²) in [7, 11) is 3.72. The van der Waals surface area contributed by atoms with Crippen LogP contribution < -0.4 is 15.4 Å². The Bertz CT molecular complexity index is 535. The largest absolute Gasteiger partial charge is 0.497 e. The summed E-state index contributed by atoms with van der Waals surface area (Å²) in [4.78, 5) is 2.14. The van der Waals surface area contributed by atoms with E-state index in [0.29, 0.717) is 0 Å². The molecule has 0 fully saturated rings. The van der Waals surface area contributed by atoms with E-state index in [9.17, 15) is 0 Å². The minimum atomic E-state index is 0.0110. The molecule has 2 rings (SSSR count). The number of rotatable bonds is 4. The van der Waals surface area contributed by atoms with E-state index < -0.39 is 0 Å². The molecule has 0 spiro atoms. The molecule has 3 heteroatoms. The van der Waals surface area contributed by atoms with Gasteiger partial charge in [0, 0.05) is 24.5 Å². The fourth-order valence-corrected chi connectivity index (χ4v) is 2.12. The molecule has 0 radical (unpaired) electrons. The Morgan fingerprint density at radius 2 is 1.68 bits per heavy atom. The lowest BCUT2D eigenvalue weighted by Crippen LogP contribution is -2.15. The summed E-state index contributed by atoms with van der Waals surface area (Å²) in [5, 5.41) is 0. The highest BCUT2D eigenvalue weighted by Gasteiger charge is 2.11. The predicted molar refractivity (Wildman–Crippen MR) is 80.1 cm³/mol. The lowest BCUT2D eigenvalue weighted by atomic mass is 10.1. The van der Waals surface area contributed by atoms with Crippen LogP contribution in [-0.4, -0.2) is 14.2 Å². The van der Waals surface area contributed by atoms with Crippen molar-refractivity contribution in [2.45, 2.75) is 13.0 Å². The molecular weight excluding hydrogens is 236 g/mol. The standard InChI is InChI=1S/C16H20N2O/c1-12(17)15-6-4-5-7-16(15)18(2)13-8-10-14(19-3)11-9-13/h4-12H,17H2,1-3H3/t12-/m1/s1. The number of ether oxygens (including phenoxy) is 1. The number of benzene rings is 2. The average molecular weight is 256 g/mol. The first-order chi connectivity index (χ1) is 9.13. The van der Waals surface area contributed by atoms with Crippen molar-refractivity contribution in [2.24, 2.45) is 5.73 Å². The topological polar surface area (TPSA) is 38.5 Å². The van der Waals surface area contributed by atoms with Crippen molar-refractivity contribution in [2.75, 3.05) is 19.1 Å². The zero-order chi connectivity index (χ0) is 13.8. The van der Waals surface area contributed by atoms with Gasteiger partial charge >= 0.3 is 0 Å². The Labute approximate surface area is 114 Å². The second kappa shape index (κ2) is 5.76. The third-order valence-corrected chi connectivity index (χ3v) is 3.25. The number of nitrogens with two attached hydrogens (primary N) is 1. The van der Waals surface area contributed by atoms with Crippen LogP contribution in [0.25, 0.3) is 0 Å². The Morgan fingerprint density at radius 1 is 1.05 bits per heavy atom. The molecule has 0 heterocycles. The summed E-state index contributed by atoms with van der Waals surface area (Å²) in [5.74, 6) is 0.859. The van der Waals surface area contributed by atoms with Gasteiger partial charge in [0.1, 0.15) is 5.75 Å². The van der Waals surface area contributed by atoms with E-state index in [-0.39, 0.29) is 6.04 Å². The molecule has 0 saturated heterocycles. The third kappa shape index (κ3) is 2.88. The minimum absolute atomic E-state index is 0.0110. The smallest absolute Gasteiger partial charge is 0.119 e. The zero-order valence-electron chi connectivity index (χ0n) is 11.6. The van der Waals surface area contributed by atoms with E-state index in [1.807, 2.05) is 50.4 Å². The Balaban J connectivity index is 2.35. The molecule has 0 amide bonds. The van der Waals surface area contributed by atoms with E-state index >= 15 is 0 Å². The number of hydrogen-bond donors (Lipinski definition) is 1. The van der Waals surface area contributed by atoms with E-state index in [0.717, 1.165) is 22.7 Å². The number of anilines is 2. The molecule has 100 valence electrons. The number of hydrogen-bond acceptors (Lipinski definition) is 3. The molecule has 0 aromatic heterocycles. The third-order valence-electron chi connectivity index (χ3n) is 3.25. The molecule has 0 saturated carbocycles. The molecular formula is C16H20N2O. The van der Waals surface area contributed by atoms with Gasteiger partial charge in [0.25, 0.3) is 0 Å². The summed E-state index contributed by atoms with van der Waals surface area (Å²) >= 11 is 0. The predicted octanol–water partition coefficient (Wildman–Crippen LogP) is 3.48. The summed E-state index contributed by atoms with van der Waals surface area (Å²) in [5.41, 5.74) is 9.40. The van der Waals surface area contributed by atoms with Crippen LogP contribution in [0, 0.1) is 0 Å². The first-order valence-electron chi connectivity index (χ1n) is 6.35. The molecule has 0 aliphatic carbocycles. The fourth-order valence-electron chi connectivity index (χ4n) is 2.12. The SMILES string of the molecule is COc1ccc(N(C)c2ccccc2[C@@H](C)N)cc1. The molecule has 2 N–H and O–H groups in total. The fraction of sp³-hybridized carbons (Fsp3) is 0.250. The minimum Gasteiger partial charge on any atom is -0.497 e. The van der Waals surface area contributed by atoms with Crippen LogP contribution in [0.5, 0.6) is 5.75 Å². The van der Waals surface area contributed by atoms with Crippen LogP contribution in [0.4, 0.5) is 11.4 Å². The highest BCUT2D eigenvalue weighted by atomic mass is 16.5. The second-order valence-corrected chi connectivity index (χ2v) is 4.60. The maximum atomic E-state index is 6.03. The van der Waals surface area contributed by atoms with Gasteiger partial charge in [0.05, 0.1) is 7.11 Å². The first-order valence-corrected chi connectivity index (χ1v) is 6.35. The van der Waals surface area contributed by atoms with Crippen LogP contribution in [0.2, 0.25) is 0 Å². The summed E-state index contributed by atoms with van der Waals surface area (Å²) in [6.07, 6.45) is 0. The number of methoxy groups -OCH3 is 1. The van der Waals surface area contributed by atoms with Gasteiger partial charge in [-0.2, -0.15) is 0 Å². The molecule has 2 aromatic carbocycles. The van der Waals surface area contributed by atoms with Crippen molar-refractivity contribution in [3.8, 4) is 5.75 Å². The van der Waals surface area contributed by atoms with Crippen molar-refractivity contribution in [3.05, 3.63) is 54.1 Å². The molecule has 0 bridgehead atoms. The van der Waals surface area contributed by atoms with Gasteiger partial charge in [0.2, 0.25) is 0 Å². The summed E-state index contributed by atoms with van der Waals surface area (Å²) in [6, 6.07) is 16.2. The normalized spacial score (nSPS) is 12.0. The quantitative estimate of drug-likeness (QED) is 0.910. The van der Waals surface area contributed by atoms with Crippen molar-refractivity contribution >= 4 is 11.4 Å². The van der Waals surface area contributed by atoms with Crippen molar-refractivity contribution in [1.82, 2.24) is 0 Å². The monoisotopic (exact) mass is 256 g/mol. The Kier molecular flexibility index (Phi) is 4.07. The van der Waals surface area contributed by atoms with Gasteiger partial charge in [-0.1, -0.05) is 18.2 Å². The van der Waals surface area contributed by atoms with Crippen LogP contribution >= 0.6 is 0 Å². The van der Waals surface area contributed by atoms with Gasteiger partial charge in [-0.3, -0.25) is 0 Å². The van der Waals surface area contributed by atoms with Gasteiger partial charge < -0.3 is 15.4 Å². The zero-order valence-corrected chi connectivity index (χ0v) is 11.6. The first kappa shape index (κ1) is 13.4.